The topological polar surface area (TPSA) is 48.5 Å². The Morgan fingerprint density at radius 1 is 0.316 bits per heavy atom. The van der Waals surface area contributed by atoms with E-state index in [1.807, 2.05) is 89.5 Å². The Bertz CT molecular complexity index is 3860. The first-order valence-corrected chi connectivity index (χ1v) is 26.3. The van der Waals surface area contributed by atoms with E-state index < -0.39 is 11.7 Å². The molecule has 382 valence electrons. The van der Waals surface area contributed by atoms with E-state index >= 15 is 13.2 Å². The molecule has 8 aromatic carbocycles. The van der Waals surface area contributed by atoms with Gasteiger partial charge in [0.1, 0.15) is 0 Å². The van der Waals surface area contributed by atoms with Crippen molar-refractivity contribution in [3.63, 3.8) is 0 Å². The van der Waals surface area contributed by atoms with Gasteiger partial charge < -0.3 is 9.13 Å². The van der Waals surface area contributed by atoms with Crippen molar-refractivity contribution in [2.75, 3.05) is 0 Å². The zero-order valence-electron chi connectivity index (χ0n) is 45.5. The SMILES string of the molecule is CC(C)(C)c1ccc2c(c1)c1cc(C(C)(C)C)ccc1n2-c1cc(-c2cccc(-n3c4ccc(C(C)(C)C)cc4c4cc(C(C)(C)C)ccc43)c2C(F)(F)F)ccc1-c1nc(-c2ccccc2)nc(-c2ccccc2)n1. The summed E-state index contributed by atoms with van der Waals surface area (Å²) in [4.78, 5) is 15.4. The van der Waals surface area contributed by atoms with E-state index in [4.69, 9.17) is 15.0 Å². The van der Waals surface area contributed by atoms with Crippen molar-refractivity contribution in [2.24, 2.45) is 0 Å². The predicted octanol–water partition coefficient (Wildman–Crippen LogP) is 18.9. The Morgan fingerprint density at radius 3 is 1.05 bits per heavy atom. The second kappa shape index (κ2) is 17.9. The van der Waals surface area contributed by atoms with Gasteiger partial charge in [0.2, 0.25) is 0 Å². The summed E-state index contributed by atoms with van der Waals surface area (Å²) >= 11 is 0. The molecule has 0 saturated carbocycles. The van der Waals surface area contributed by atoms with Crippen LogP contribution in [0.3, 0.4) is 0 Å². The van der Waals surface area contributed by atoms with Crippen LogP contribution in [0.5, 0.6) is 0 Å². The monoisotopic (exact) mass is 1010 g/mol. The highest BCUT2D eigenvalue weighted by atomic mass is 19.4. The fraction of sp³-hybridized carbons (Fsp3) is 0.250. The van der Waals surface area contributed by atoms with Crippen LogP contribution in [0, 0.1) is 0 Å². The Labute approximate surface area is 444 Å². The van der Waals surface area contributed by atoms with Crippen molar-refractivity contribution in [1.29, 1.82) is 0 Å². The van der Waals surface area contributed by atoms with Crippen molar-refractivity contribution in [2.45, 2.75) is 111 Å². The first-order chi connectivity index (χ1) is 35.8. The summed E-state index contributed by atoms with van der Waals surface area (Å²) in [5, 5.41) is 3.92. The van der Waals surface area contributed by atoms with Crippen LogP contribution in [0.25, 0.3) is 100 Å². The van der Waals surface area contributed by atoms with E-state index in [0.29, 0.717) is 45.3 Å². The van der Waals surface area contributed by atoms with E-state index in [1.54, 1.807) is 24.3 Å². The van der Waals surface area contributed by atoms with Crippen LogP contribution >= 0.6 is 0 Å². The molecule has 0 amide bonds. The molecular formula is C68H64F3N5. The minimum atomic E-state index is -4.77. The molecule has 8 heteroatoms. The Kier molecular flexibility index (Phi) is 11.9. The Morgan fingerprint density at radius 2 is 0.684 bits per heavy atom. The highest BCUT2D eigenvalue weighted by molar-refractivity contribution is 6.11. The molecular weight excluding hydrogens is 944 g/mol. The normalized spacial score (nSPS) is 12.9. The van der Waals surface area contributed by atoms with E-state index in [1.165, 1.54) is 11.1 Å². The summed E-state index contributed by atoms with van der Waals surface area (Å²) in [6, 6.07) is 55.8. The fourth-order valence-corrected chi connectivity index (χ4v) is 10.7. The molecule has 11 aromatic rings. The lowest BCUT2D eigenvalue weighted by Gasteiger charge is -2.22. The number of hydrogen-bond acceptors (Lipinski definition) is 3. The number of fused-ring (bicyclic) bond motifs is 6. The number of halogens is 3. The first-order valence-electron chi connectivity index (χ1n) is 26.3. The van der Waals surface area contributed by atoms with Crippen LogP contribution in [0.4, 0.5) is 13.2 Å². The molecule has 0 fully saturated rings. The van der Waals surface area contributed by atoms with Crippen molar-refractivity contribution in [3.05, 3.63) is 198 Å². The van der Waals surface area contributed by atoms with Crippen LogP contribution in [0.1, 0.15) is 111 Å². The van der Waals surface area contributed by atoms with E-state index in [2.05, 4.69) is 148 Å². The molecule has 0 unspecified atom stereocenters. The number of alkyl halides is 3. The molecule has 0 aliphatic carbocycles. The molecule has 0 spiro atoms. The summed E-state index contributed by atoms with van der Waals surface area (Å²) in [7, 11) is 0. The average Bonchev–Trinajstić information content (AvgIpc) is 3.94. The maximum atomic E-state index is 16.6. The van der Waals surface area contributed by atoms with Crippen LogP contribution in [0.15, 0.2) is 170 Å². The molecule has 0 bridgehead atoms. The standard InChI is InChI=1S/C68H64F3N5/c1-64(2,3)44-27-32-54-50(37-44)51-38-45(65(4,5)6)28-33-55(51)75(54)58-25-19-24-48(60(58)68(69,70)71)43-26-31-49(63-73-61(41-20-15-13-16-21-41)72-62(74-63)42-22-17-14-18-23-42)59(36-43)76-56-34-29-46(66(7,8)9)39-52(56)53-40-47(67(10,11)12)30-35-57(53)76/h13-40H,1-12H3. The molecule has 0 radical (unpaired) electrons. The first kappa shape index (κ1) is 50.3. The third-order valence-electron chi connectivity index (χ3n) is 15.1. The van der Waals surface area contributed by atoms with Gasteiger partial charge in [0.05, 0.1) is 39.0 Å². The number of nitrogens with zero attached hydrogens (tertiary/aromatic N) is 5. The summed E-state index contributed by atoms with van der Waals surface area (Å²) in [6.07, 6.45) is -4.77. The lowest BCUT2D eigenvalue weighted by molar-refractivity contribution is -0.136. The minimum absolute atomic E-state index is 0.0569. The molecule has 3 aromatic heterocycles. The number of benzene rings is 8. The molecule has 11 rings (SSSR count). The van der Waals surface area contributed by atoms with Crippen LogP contribution < -0.4 is 0 Å². The molecule has 0 atom stereocenters. The van der Waals surface area contributed by atoms with Crippen molar-refractivity contribution in [1.82, 2.24) is 24.1 Å². The van der Waals surface area contributed by atoms with Gasteiger partial charge in [-0.15, -0.1) is 0 Å². The minimum Gasteiger partial charge on any atom is -0.309 e. The predicted molar refractivity (Wildman–Crippen MR) is 310 cm³/mol. The second-order valence-electron chi connectivity index (χ2n) is 24.6. The van der Waals surface area contributed by atoms with Gasteiger partial charge >= 0.3 is 6.18 Å². The summed E-state index contributed by atoms with van der Waals surface area (Å²) in [6.45, 7) is 26.2. The van der Waals surface area contributed by atoms with E-state index in [0.717, 1.165) is 54.8 Å². The molecule has 5 nitrogen and oxygen atoms in total. The zero-order valence-corrected chi connectivity index (χ0v) is 45.5. The lowest BCUT2D eigenvalue weighted by Crippen LogP contribution is -2.13. The number of rotatable bonds is 6. The molecule has 0 saturated heterocycles. The Hall–Kier alpha value is -7.84. The molecule has 0 N–H and O–H groups in total. The van der Waals surface area contributed by atoms with Gasteiger partial charge in [-0.05, 0) is 122 Å². The highest BCUT2D eigenvalue weighted by Crippen LogP contribution is 2.47. The van der Waals surface area contributed by atoms with Gasteiger partial charge in [-0.1, -0.05) is 186 Å². The van der Waals surface area contributed by atoms with Gasteiger partial charge in [-0.25, -0.2) is 15.0 Å². The van der Waals surface area contributed by atoms with Crippen molar-refractivity contribution in [3.8, 4) is 56.7 Å². The van der Waals surface area contributed by atoms with Crippen LogP contribution in [-0.4, -0.2) is 24.1 Å². The van der Waals surface area contributed by atoms with E-state index in [-0.39, 0.29) is 32.9 Å². The van der Waals surface area contributed by atoms with E-state index in [9.17, 15) is 0 Å². The van der Waals surface area contributed by atoms with Gasteiger partial charge in [0.15, 0.2) is 17.5 Å². The zero-order chi connectivity index (χ0) is 53.9. The van der Waals surface area contributed by atoms with Gasteiger partial charge in [-0.2, -0.15) is 13.2 Å². The summed E-state index contributed by atoms with van der Waals surface area (Å²) < 4.78 is 53.8. The molecule has 76 heavy (non-hydrogen) atoms. The summed E-state index contributed by atoms with van der Waals surface area (Å²) in [5.41, 5.74) is 9.80. The van der Waals surface area contributed by atoms with Crippen LogP contribution in [0.2, 0.25) is 0 Å². The lowest BCUT2D eigenvalue weighted by atomic mass is 9.85. The van der Waals surface area contributed by atoms with Gasteiger partial charge in [0.25, 0.3) is 0 Å². The van der Waals surface area contributed by atoms with Crippen LogP contribution in [-0.2, 0) is 27.8 Å². The molecule has 3 heterocycles. The Balaban J connectivity index is 1.24. The largest absolute Gasteiger partial charge is 0.419 e. The maximum absolute atomic E-state index is 16.6. The smallest absolute Gasteiger partial charge is 0.309 e. The summed E-state index contributed by atoms with van der Waals surface area (Å²) in [5.74, 6) is 1.35. The van der Waals surface area contributed by atoms with Gasteiger partial charge in [-0.3, -0.25) is 0 Å². The maximum Gasteiger partial charge on any atom is 0.419 e. The third-order valence-corrected chi connectivity index (χ3v) is 15.1. The third kappa shape index (κ3) is 8.95. The molecule has 0 aliphatic rings. The molecule has 0 aliphatic heterocycles. The van der Waals surface area contributed by atoms with Crippen molar-refractivity contribution >= 4 is 43.6 Å². The fourth-order valence-electron chi connectivity index (χ4n) is 10.7. The average molecular weight is 1010 g/mol. The van der Waals surface area contributed by atoms with Gasteiger partial charge in [0, 0.05) is 38.2 Å². The number of hydrogen-bond donors (Lipinski definition) is 0. The second-order valence-corrected chi connectivity index (χ2v) is 24.6. The highest BCUT2D eigenvalue weighted by Gasteiger charge is 2.38. The van der Waals surface area contributed by atoms with Crippen molar-refractivity contribution < 1.29 is 13.2 Å². The quantitative estimate of drug-likeness (QED) is 0.167. The number of aromatic nitrogens is 5.